The fourth-order valence-electron chi connectivity index (χ4n) is 5.35. The largest absolute Gasteiger partial charge is 0.464 e. The van der Waals surface area contributed by atoms with Crippen molar-refractivity contribution in [3.8, 4) is 11.6 Å². The van der Waals surface area contributed by atoms with E-state index in [1.54, 1.807) is 18.2 Å². The molecule has 0 spiro atoms. The van der Waals surface area contributed by atoms with Crippen molar-refractivity contribution in [2.24, 2.45) is 0 Å². The van der Waals surface area contributed by atoms with Gasteiger partial charge in [-0.3, -0.25) is 14.5 Å². The molecule has 1 saturated carbocycles. The molecule has 0 aliphatic heterocycles. The molecule has 1 aliphatic carbocycles. The van der Waals surface area contributed by atoms with Gasteiger partial charge in [0.1, 0.15) is 23.8 Å². The first-order chi connectivity index (χ1) is 19.6. The number of benzene rings is 1. The summed E-state index contributed by atoms with van der Waals surface area (Å²) >= 11 is 0. The lowest BCUT2D eigenvalue weighted by molar-refractivity contribution is -0.128. The fourth-order valence-corrected chi connectivity index (χ4v) is 5.35. The number of amides is 2. The Morgan fingerprint density at radius 1 is 0.976 bits per heavy atom. The number of rotatable bonds is 8. The van der Waals surface area contributed by atoms with Crippen LogP contribution in [0.4, 0.5) is 5.69 Å². The molecule has 1 aliphatic rings. The van der Waals surface area contributed by atoms with E-state index in [1.165, 1.54) is 47.4 Å². The number of carbonyl (C=O) groups excluding carboxylic acids is 2. The van der Waals surface area contributed by atoms with Crippen LogP contribution in [0.1, 0.15) is 87.7 Å². The van der Waals surface area contributed by atoms with Gasteiger partial charge in [0.15, 0.2) is 11.8 Å². The van der Waals surface area contributed by atoms with Gasteiger partial charge in [0.05, 0.1) is 0 Å². The Morgan fingerprint density at radius 2 is 1.66 bits per heavy atom. The van der Waals surface area contributed by atoms with E-state index < -0.39 is 17.5 Å². The van der Waals surface area contributed by atoms with Crippen LogP contribution in [-0.2, 0) is 16.1 Å². The van der Waals surface area contributed by atoms with E-state index in [0.29, 0.717) is 28.9 Å². The summed E-state index contributed by atoms with van der Waals surface area (Å²) in [7, 11) is 0. The molecule has 5 rings (SSSR count). The molecular weight excluding hydrogens is 520 g/mol. The highest BCUT2D eigenvalue weighted by Gasteiger charge is 2.37. The summed E-state index contributed by atoms with van der Waals surface area (Å²) in [5.74, 6) is 2.24. The number of hydrogen-bond acceptors (Lipinski definition) is 7. The van der Waals surface area contributed by atoms with Crippen LogP contribution in [0.15, 0.2) is 57.4 Å². The molecule has 2 amide bonds. The van der Waals surface area contributed by atoms with E-state index in [2.05, 4.69) is 32.9 Å². The molecule has 3 heterocycles. The van der Waals surface area contributed by atoms with Crippen LogP contribution >= 0.6 is 0 Å². The molecule has 0 bridgehead atoms. The van der Waals surface area contributed by atoms with Gasteiger partial charge in [-0.2, -0.15) is 4.80 Å². The molecule has 1 atom stereocenters. The molecule has 41 heavy (non-hydrogen) atoms. The SMILES string of the molecule is Cc1ccc(-c2nnn(CC(=O)N(c3ccc(C4CCCCC4)cc3)[C@@H](C(=O)NC(C)(C)C)c3ccc(C)o3)n2)o1. The third-order valence-corrected chi connectivity index (χ3v) is 7.24. The summed E-state index contributed by atoms with van der Waals surface area (Å²) in [6, 6.07) is 14.0. The number of nitrogens with zero attached hydrogens (tertiary/aromatic N) is 5. The first-order valence-corrected chi connectivity index (χ1v) is 14.2. The number of furan rings is 2. The van der Waals surface area contributed by atoms with Crippen LogP contribution in [0.5, 0.6) is 0 Å². The number of aryl methyl sites for hydroxylation is 2. The Balaban J connectivity index is 1.51. The Hall–Kier alpha value is -4.21. The van der Waals surface area contributed by atoms with Crippen LogP contribution in [0.2, 0.25) is 0 Å². The summed E-state index contributed by atoms with van der Waals surface area (Å²) in [5, 5.41) is 15.5. The molecule has 1 aromatic carbocycles. The van der Waals surface area contributed by atoms with Crippen molar-refractivity contribution in [3.63, 3.8) is 0 Å². The van der Waals surface area contributed by atoms with Crippen molar-refractivity contribution in [2.75, 3.05) is 4.90 Å². The molecule has 3 aromatic heterocycles. The first kappa shape index (κ1) is 28.3. The minimum Gasteiger partial charge on any atom is -0.464 e. The van der Waals surface area contributed by atoms with Crippen LogP contribution < -0.4 is 10.2 Å². The number of aromatic nitrogens is 4. The maximum atomic E-state index is 14.1. The van der Waals surface area contributed by atoms with Gasteiger partial charge >= 0.3 is 0 Å². The third-order valence-electron chi connectivity index (χ3n) is 7.24. The van der Waals surface area contributed by atoms with E-state index in [1.807, 2.05) is 52.8 Å². The van der Waals surface area contributed by atoms with Gasteiger partial charge in [0.2, 0.25) is 5.82 Å². The Morgan fingerprint density at radius 3 is 2.27 bits per heavy atom. The standard InChI is InChI=1S/C31H38N6O4/c1-20-11-17-25(40-20)28(30(39)32-31(3,4)5)37(24-15-13-23(14-16-24)22-9-7-6-8-10-22)27(38)19-36-34-29(33-35-36)26-18-12-21(2)41-26/h11-18,22,28H,6-10,19H2,1-5H3,(H,32,39)/t28-/m1/s1. The van der Waals surface area contributed by atoms with Crippen molar-refractivity contribution in [1.29, 1.82) is 0 Å². The zero-order valence-electron chi connectivity index (χ0n) is 24.4. The molecule has 216 valence electrons. The normalized spacial score (nSPS) is 15.0. The van der Waals surface area contributed by atoms with Gasteiger partial charge in [0, 0.05) is 11.2 Å². The highest BCUT2D eigenvalue weighted by Crippen LogP contribution is 2.35. The predicted octanol–water partition coefficient (Wildman–Crippen LogP) is 5.88. The highest BCUT2D eigenvalue weighted by molar-refractivity contribution is 6.01. The Labute approximate surface area is 240 Å². The highest BCUT2D eigenvalue weighted by atomic mass is 16.3. The second-order valence-corrected chi connectivity index (χ2v) is 11.8. The van der Waals surface area contributed by atoms with Gasteiger partial charge in [-0.25, -0.2) is 0 Å². The van der Waals surface area contributed by atoms with E-state index >= 15 is 0 Å². The average molecular weight is 559 g/mol. The number of carbonyl (C=O) groups is 2. The van der Waals surface area contributed by atoms with Gasteiger partial charge in [-0.1, -0.05) is 31.4 Å². The zero-order valence-corrected chi connectivity index (χ0v) is 24.4. The van der Waals surface area contributed by atoms with Gasteiger partial charge in [-0.05, 0) is 101 Å². The third kappa shape index (κ3) is 6.75. The van der Waals surface area contributed by atoms with Crippen LogP contribution in [0.25, 0.3) is 11.6 Å². The van der Waals surface area contributed by atoms with Crippen LogP contribution in [-0.4, -0.2) is 37.6 Å². The van der Waals surface area contributed by atoms with Crippen molar-refractivity contribution in [2.45, 2.75) is 90.8 Å². The lowest BCUT2D eigenvalue weighted by Crippen LogP contribution is -2.50. The summed E-state index contributed by atoms with van der Waals surface area (Å²) < 4.78 is 11.6. The summed E-state index contributed by atoms with van der Waals surface area (Å²) in [6.07, 6.45) is 6.07. The number of anilines is 1. The van der Waals surface area contributed by atoms with Crippen LogP contribution in [0.3, 0.4) is 0 Å². The van der Waals surface area contributed by atoms with Crippen molar-refractivity contribution in [1.82, 2.24) is 25.5 Å². The lowest BCUT2D eigenvalue weighted by Gasteiger charge is -2.32. The molecular formula is C31H38N6O4. The number of nitrogens with one attached hydrogen (secondary N) is 1. The van der Waals surface area contributed by atoms with Crippen molar-refractivity contribution < 1.29 is 18.4 Å². The minimum absolute atomic E-state index is 0.240. The lowest BCUT2D eigenvalue weighted by atomic mass is 9.84. The summed E-state index contributed by atoms with van der Waals surface area (Å²) in [5.41, 5.74) is 1.31. The molecule has 4 aromatic rings. The molecule has 10 nitrogen and oxygen atoms in total. The molecule has 1 fully saturated rings. The monoisotopic (exact) mass is 558 g/mol. The quantitative estimate of drug-likeness (QED) is 0.287. The molecule has 1 N–H and O–H groups in total. The number of tetrazole rings is 1. The maximum absolute atomic E-state index is 14.1. The molecule has 10 heteroatoms. The minimum atomic E-state index is -1.05. The maximum Gasteiger partial charge on any atom is 0.251 e. The molecule has 0 radical (unpaired) electrons. The van der Waals surface area contributed by atoms with Gasteiger partial charge in [0.25, 0.3) is 11.8 Å². The Bertz CT molecular complexity index is 1490. The average Bonchev–Trinajstić information content (AvgIpc) is 3.68. The second-order valence-electron chi connectivity index (χ2n) is 11.8. The predicted molar refractivity (Wildman–Crippen MR) is 154 cm³/mol. The summed E-state index contributed by atoms with van der Waals surface area (Å²) in [6.45, 7) is 9.10. The van der Waals surface area contributed by atoms with Crippen molar-refractivity contribution >= 4 is 17.5 Å². The fraction of sp³-hybridized carbons (Fsp3) is 0.452. The van der Waals surface area contributed by atoms with Crippen LogP contribution in [0, 0.1) is 13.8 Å². The van der Waals surface area contributed by atoms with Gasteiger partial charge < -0.3 is 14.2 Å². The van der Waals surface area contributed by atoms with E-state index in [0.717, 1.165) is 5.76 Å². The van der Waals surface area contributed by atoms with E-state index in [-0.39, 0.29) is 18.3 Å². The molecule has 0 saturated heterocycles. The van der Waals surface area contributed by atoms with E-state index in [4.69, 9.17) is 8.83 Å². The summed E-state index contributed by atoms with van der Waals surface area (Å²) in [4.78, 5) is 30.6. The number of hydrogen-bond donors (Lipinski definition) is 1. The van der Waals surface area contributed by atoms with Gasteiger partial charge in [-0.15, -0.1) is 10.2 Å². The molecule has 0 unspecified atom stereocenters. The smallest absolute Gasteiger partial charge is 0.251 e. The van der Waals surface area contributed by atoms with E-state index in [9.17, 15) is 9.59 Å². The second kappa shape index (κ2) is 11.7. The Kier molecular flexibility index (Phi) is 8.10. The van der Waals surface area contributed by atoms with Crippen molar-refractivity contribution in [3.05, 3.63) is 71.4 Å². The first-order valence-electron chi connectivity index (χ1n) is 14.2. The topological polar surface area (TPSA) is 119 Å². The zero-order chi connectivity index (χ0) is 29.1.